The first-order chi connectivity index (χ1) is 8.69. The fraction of sp³-hybridized carbons (Fsp3) is 0.385. The van der Waals surface area contributed by atoms with E-state index in [4.69, 9.17) is 0 Å². The van der Waals surface area contributed by atoms with Gasteiger partial charge in [0.25, 0.3) is 5.91 Å². The summed E-state index contributed by atoms with van der Waals surface area (Å²) in [7, 11) is 1.59. The van der Waals surface area contributed by atoms with Crippen molar-refractivity contribution in [3.63, 3.8) is 0 Å². The fourth-order valence-electron chi connectivity index (χ4n) is 1.60. The van der Waals surface area contributed by atoms with E-state index in [9.17, 15) is 9.59 Å². The van der Waals surface area contributed by atoms with Gasteiger partial charge in [0.2, 0.25) is 5.91 Å². The highest BCUT2D eigenvalue weighted by molar-refractivity contribution is 5.95. The van der Waals surface area contributed by atoms with Crippen LogP contribution in [0.3, 0.4) is 0 Å². The van der Waals surface area contributed by atoms with Gasteiger partial charge in [0.05, 0.1) is 6.54 Å². The molecule has 5 heteroatoms. The molecule has 1 aromatic carbocycles. The third kappa shape index (κ3) is 3.48. The predicted molar refractivity (Wildman–Crippen MR) is 69.5 cm³/mol. The van der Waals surface area contributed by atoms with Gasteiger partial charge < -0.3 is 16.0 Å². The number of carbonyl (C=O) groups excluding carboxylic acids is 2. The topological polar surface area (TPSA) is 70.2 Å². The van der Waals surface area contributed by atoms with Gasteiger partial charge in [0.15, 0.2) is 0 Å². The Hall–Kier alpha value is -2.04. The first-order valence-corrected chi connectivity index (χ1v) is 6.04. The first-order valence-electron chi connectivity index (χ1n) is 6.04. The Balaban J connectivity index is 1.88. The Morgan fingerprint density at radius 1 is 1.33 bits per heavy atom. The van der Waals surface area contributed by atoms with Crippen molar-refractivity contribution in [2.45, 2.75) is 18.9 Å². The van der Waals surface area contributed by atoms with Gasteiger partial charge in [-0.15, -0.1) is 0 Å². The van der Waals surface area contributed by atoms with E-state index >= 15 is 0 Å². The molecule has 2 rings (SSSR count). The monoisotopic (exact) mass is 247 g/mol. The van der Waals surface area contributed by atoms with Crippen molar-refractivity contribution in [1.29, 1.82) is 0 Å². The molecule has 0 bridgehead atoms. The number of carbonyl (C=O) groups is 2. The van der Waals surface area contributed by atoms with Crippen molar-refractivity contribution in [2.75, 3.05) is 18.9 Å². The Morgan fingerprint density at radius 3 is 2.78 bits per heavy atom. The van der Waals surface area contributed by atoms with Gasteiger partial charge >= 0.3 is 0 Å². The van der Waals surface area contributed by atoms with E-state index in [-0.39, 0.29) is 18.4 Å². The molecule has 5 nitrogen and oxygen atoms in total. The second-order valence-electron chi connectivity index (χ2n) is 4.36. The molecule has 96 valence electrons. The zero-order valence-electron chi connectivity index (χ0n) is 10.3. The average molecular weight is 247 g/mol. The van der Waals surface area contributed by atoms with E-state index < -0.39 is 0 Å². The van der Waals surface area contributed by atoms with Crippen LogP contribution >= 0.6 is 0 Å². The second kappa shape index (κ2) is 5.53. The second-order valence-corrected chi connectivity index (χ2v) is 4.36. The number of hydrogen-bond acceptors (Lipinski definition) is 3. The highest BCUT2D eigenvalue weighted by atomic mass is 16.2. The molecule has 1 saturated carbocycles. The number of benzene rings is 1. The zero-order valence-corrected chi connectivity index (χ0v) is 10.3. The summed E-state index contributed by atoms with van der Waals surface area (Å²) < 4.78 is 0. The maximum absolute atomic E-state index is 11.5. The molecule has 0 spiro atoms. The number of anilines is 1. The van der Waals surface area contributed by atoms with Crippen LogP contribution in [0.2, 0.25) is 0 Å². The predicted octanol–water partition coefficient (Wildman–Crippen LogP) is 0.737. The lowest BCUT2D eigenvalue weighted by atomic mass is 10.2. The quantitative estimate of drug-likeness (QED) is 0.718. The van der Waals surface area contributed by atoms with E-state index in [0.29, 0.717) is 11.6 Å². The molecule has 1 fully saturated rings. The van der Waals surface area contributed by atoms with Crippen molar-refractivity contribution in [3.05, 3.63) is 29.8 Å². The maximum atomic E-state index is 11.5. The van der Waals surface area contributed by atoms with E-state index in [1.165, 1.54) is 0 Å². The molecule has 0 unspecified atom stereocenters. The Kier molecular flexibility index (Phi) is 3.82. The lowest BCUT2D eigenvalue weighted by Gasteiger charge is -2.08. The molecule has 2 amide bonds. The molecule has 0 saturated heterocycles. The van der Waals surface area contributed by atoms with Crippen molar-refractivity contribution in [3.8, 4) is 0 Å². The summed E-state index contributed by atoms with van der Waals surface area (Å²) in [4.78, 5) is 22.9. The lowest BCUT2D eigenvalue weighted by molar-refractivity contribution is -0.119. The first kappa shape index (κ1) is 12.4. The van der Waals surface area contributed by atoms with Gasteiger partial charge in [-0.2, -0.15) is 0 Å². The molecule has 18 heavy (non-hydrogen) atoms. The van der Waals surface area contributed by atoms with Gasteiger partial charge in [0, 0.05) is 24.3 Å². The summed E-state index contributed by atoms with van der Waals surface area (Å²) in [5.41, 5.74) is 1.34. The minimum absolute atomic E-state index is 0.0113. The summed E-state index contributed by atoms with van der Waals surface area (Å²) >= 11 is 0. The van der Waals surface area contributed by atoms with Crippen LogP contribution in [-0.2, 0) is 4.79 Å². The van der Waals surface area contributed by atoms with Gasteiger partial charge in [-0.3, -0.25) is 9.59 Å². The molecule has 0 heterocycles. The van der Waals surface area contributed by atoms with Crippen LogP contribution in [0.25, 0.3) is 0 Å². The van der Waals surface area contributed by atoms with Crippen molar-refractivity contribution >= 4 is 17.5 Å². The van der Waals surface area contributed by atoms with Crippen molar-refractivity contribution in [2.24, 2.45) is 0 Å². The lowest BCUT2D eigenvalue weighted by Crippen LogP contribution is -2.31. The molecule has 1 aromatic rings. The van der Waals surface area contributed by atoms with Crippen LogP contribution in [0.1, 0.15) is 23.2 Å². The standard InChI is InChI=1S/C13H17N3O2/c1-14-13(18)9-3-2-4-11(7-9)15-8-12(17)16-10-5-6-10/h2-4,7,10,15H,5-6,8H2,1H3,(H,14,18)(H,16,17). The molecule has 0 radical (unpaired) electrons. The van der Waals surface area contributed by atoms with Gasteiger partial charge in [-0.25, -0.2) is 0 Å². The molecule has 0 aromatic heterocycles. The SMILES string of the molecule is CNC(=O)c1cccc(NCC(=O)NC2CC2)c1. The molecule has 3 N–H and O–H groups in total. The zero-order chi connectivity index (χ0) is 13.0. The minimum atomic E-state index is -0.138. The molecule has 1 aliphatic carbocycles. The highest BCUT2D eigenvalue weighted by Crippen LogP contribution is 2.18. The Labute approximate surface area is 106 Å². The van der Waals surface area contributed by atoms with E-state index in [2.05, 4.69) is 16.0 Å². The van der Waals surface area contributed by atoms with Crippen molar-refractivity contribution < 1.29 is 9.59 Å². The van der Waals surface area contributed by atoms with Crippen LogP contribution in [-0.4, -0.2) is 31.4 Å². The summed E-state index contributed by atoms with van der Waals surface area (Å²) in [6, 6.07) is 7.44. The normalized spacial score (nSPS) is 13.8. The molecule has 1 aliphatic rings. The highest BCUT2D eigenvalue weighted by Gasteiger charge is 2.22. The van der Waals surface area contributed by atoms with Crippen molar-refractivity contribution in [1.82, 2.24) is 10.6 Å². The number of amides is 2. The third-order valence-corrected chi connectivity index (χ3v) is 2.75. The largest absolute Gasteiger partial charge is 0.376 e. The van der Waals surface area contributed by atoms with E-state index in [1.807, 2.05) is 6.07 Å². The van der Waals surface area contributed by atoms with Gasteiger partial charge in [-0.05, 0) is 31.0 Å². The maximum Gasteiger partial charge on any atom is 0.251 e. The average Bonchev–Trinajstić information content (AvgIpc) is 3.19. The third-order valence-electron chi connectivity index (χ3n) is 2.75. The van der Waals surface area contributed by atoms with E-state index in [1.54, 1.807) is 25.2 Å². The molecule has 0 aliphatic heterocycles. The van der Waals surface area contributed by atoms with Crippen LogP contribution in [0.4, 0.5) is 5.69 Å². The van der Waals surface area contributed by atoms with Gasteiger partial charge in [0.1, 0.15) is 0 Å². The summed E-state index contributed by atoms with van der Waals surface area (Å²) in [6.45, 7) is 0.230. The summed E-state index contributed by atoms with van der Waals surface area (Å²) in [5, 5.41) is 8.46. The van der Waals surface area contributed by atoms with Crippen LogP contribution in [0.5, 0.6) is 0 Å². The van der Waals surface area contributed by atoms with Crippen LogP contribution in [0.15, 0.2) is 24.3 Å². The number of rotatable bonds is 5. The minimum Gasteiger partial charge on any atom is -0.376 e. The number of hydrogen-bond donors (Lipinski definition) is 3. The molecular weight excluding hydrogens is 230 g/mol. The fourth-order valence-corrected chi connectivity index (χ4v) is 1.60. The smallest absolute Gasteiger partial charge is 0.251 e. The van der Waals surface area contributed by atoms with Crippen LogP contribution in [0, 0.1) is 0 Å². The Bertz CT molecular complexity index is 455. The van der Waals surface area contributed by atoms with Crippen LogP contribution < -0.4 is 16.0 Å². The summed E-state index contributed by atoms with van der Waals surface area (Å²) in [6.07, 6.45) is 2.16. The molecular formula is C13H17N3O2. The van der Waals surface area contributed by atoms with E-state index in [0.717, 1.165) is 18.5 Å². The molecule has 0 atom stereocenters. The summed E-state index contributed by atoms with van der Waals surface area (Å²) in [5.74, 6) is -0.149. The number of nitrogens with one attached hydrogen (secondary N) is 3. The van der Waals surface area contributed by atoms with Gasteiger partial charge in [-0.1, -0.05) is 6.07 Å². The Morgan fingerprint density at radius 2 is 2.11 bits per heavy atom.